The molecule has 1 nitrogen and oxygen atoms in total. The lowest BCUT2D eigenvalue weighted by Crippen LogP contribution is -1.97. The Hall–Kier alpha value is -0.980. The van der Waals surface area contributed by atoms with Gasteiger partial charge in [0.1, 0.15) is 5.75 Å². The average Bonchev–Trinajstić information content (AvgIpc) is 2.17. The highest BCUT2D eigenvalue weighted by molar-refractivity contribution is 5.44. The van der Waals surface area contributed by atoms with E-state index in [4.69, 9.17) is 0 Å². The fourth-order valence-electron chi connectivity index (χ4n) is 1.90. The third-order valence-electron chi connectivity index (χ3n) is 2.59. The second-order valence-electron chi connectivity index (χ2n) is 3.26. The number of aryl methyl sites for hydroxylation is 1. The van der Waals surface area contributed by atoms with E-state index in [-0.39, 0.29) is 0 Å². The average molecular weight is 178 g/mol. The van der Waals surface area contributed by atoms with E-state index in [1.54, 1.807) is 0 Å². The first-order valence-electron chi connectivity index (χ1n) is 5.07. The Kier molecular flexibility index (Phi) is 3.35. The highest BCUT2D eigenvalue weighted by Crippen LogP contribution is 2.25. The van der Waals surface area contributed by atoms with E-state index in [0.717, 1.165) is 24.8 Å². The summed E-state index contributed by atoms with van der Waals surface area (Å²) in [4.78, 5) is 0. The first-order valence-corrected chi connectivity index (χ1v) is 5.07. The molecule has 0 heterocycles. The first-order chi connectivity index (χ1) is 6.24. The van der Waals surface area contributed by atoms with Crippen LogP contribution in [0.3, 0.4) is 0 Å². The minimum atomic E-state index is 0.455. The molecule has 0 aliphatic rings. The second-order valence-corrected chi connectivity index (χ2v) is 3.26. The lowest BCUT2D eigenvalue weighted by molar-refractivity contribution is 0.467. The van der Waals surface area contributed by atoms with Gasteiger partial charge in [-0.3, -0.25) is 0 Å². The van der Waals surface area contributed by atoms with E-state index in [2.05, 4.69) is 20.8 Å². The van der Waals surface area contributed by atoms with E-state index in [0.29, 0.717) is 5.75 Å². The van der Waals surface area contributed by atoms with E-state index < -0.39 is 0 Å². The minimum Gasteiger partial charge on any atom is -0.508 e. The predicted molar refractivity (Wildman–Crippen MR) is 56.2 cm³/mol. The summed E-state index contributed by atoms with van der Waals surface area (Å²) in [5, 5.41) is 9.64. The molecule has 0 amide bonds. The number of phenolic OH excluding ortho intramolecular Hbond substituents is 1. The Morgan fingerprint density at radius 2 is 1.54 bits per heavy atom. The molecule has 0 aliphatic heterocycles. The predicted octanol–water partition coefficient (Wildman–Crippen LogP) is 3.08. The summed E-state index contributed by atoms with van der Waals surface area (Å²) in [5.41, 5.74) is 3.84. The number of hydrogen-bond acceptors (Lipinski definition) is 1. The standard InChI is InChI=1S/C12H18O/c1-4-9-7-8-12(13)11(6-3)10(9)5-2/h7-8,13H,4-6H2,1-3H3. The maximum atomic E-state index is 9.64. The van der Waals surface area contributed by atoms with Crippen LogP contribution in [0.25, 0.3) is 0 Å². The molecular formula is C12H18O. The summed E-state index contributed by atoms with van der Waals surface area (Å²) in [6, 6.07) is 3.85. The van der Waals surface area contributed by atoms with Gasteiger partial charge in [-0.1, -0.05) is 26.8 Å². The Morgan fingerprint density at radius 1 is 0.923 bits per heavy atom. The molecule has 0 saturated heterocycles. The lowest BCUT2D eigenvalue weighted by atomic mass is 9.95. The van der Waals surface area contributed by atoms with Crippen molar-refractivity contribution < 1.29 is 5.11 Å². The maximum Gasteiger partial charge on any atom is 0.119 e. The molecule has 0 saturated carbocycles. The normalized spacial score (nSPS) is 10.4. The van der Waals surface area contributed by atoms with Crippen molar-refractivity contribution in [2.45, 2.75) is 40.0 Å². The van der Waals surface area contributed by atoms with Crippen LogP contribution in [0.1, 0.15) is 37.5 Å². The fraction of sp³-hybridized carbons (Fsp3) is 0.500. The van der Waals surface area contributed by atoms with Crippen molar-refractivity contribution in [3.8, 4) is 5.75 Å². The molecule has 1 aromatic carbocycles. The highest BCUT2D eigenvalue weighted by Gasteiger charge is 2.08. The van der Waals surface area contributed by atoms with Crippen molar-refractivity contribution in [2.75, 3.05) is 0 Å². The van der Waals surface area contributed by atoms with Crippen LogP contribution in [0.15, 0.2) is 12.1 Å². The van der Waals surface area contributed by atoms with Gasteiger partial charge >= 0.3 is 0 Å². The Labute approximate surface area is 80.4 Å². The van der Waals surface area contributed by atoms with Crippen LogP contribution >= 0.6 is 0 Å². The summed E-state index contributed by atoms with van der Waals surface area (Å²) < 4.78 is 0. The van der Waals surface area contributed by atoms with Crippen molar-refractivity contribution in [1.29, 1.82) is 0 Å². The number of aromatic hydroxyl groups is 1. The maximum absolute atomic E-state index is 9.64. The summed E-state index contributed by atoms with van der Waals surface area (Å²) in [6.07, 6.45) is 2.99. The van der Waals surface area contributed by atoms with Gasteiger partial charge in [-0.15, -0.1) is 0 Å². The Bertz CT molecular complexity index is 289. The highest BCUT2D eigenvalue weighted by atomic mass is 16.3. The van der Waals surface area contributed by atoms with E-state index in [9.17, 15) is 5.11 Å². The number of phenols is 1. The van der Waals surface area contributed by atoms with Crippen LogP contribution in [0.2, 0.25) is 0 Å². The molecule has 0 spiro atoms. The molecule has 0 aliphatic carbocycles. The molecule has 0 atom stereocenters. The Balaban J connectivity index is 3.27. The molecule has 0 bridgehead atoms. The van der Waals surface area contributed by atoms with Crippen LogP contribution in [0.4, 0.5) is 0 Å². The van der Waals surface area contributed by atoms with Crippen LogP contribution < -0.4 is 0 Å². The molecule has 0 aromatic heterocycles. The quantitative estimate of drug-likeness (QED) is 0.754. The number of hydrogen-bond donors (Lipinski definition) is 1. The zero-order chi connectivity index (χ0) is 9.84. The van der Waals surface area contributed by atoms with Gasteiger partial charge in [-0.2, -0.15) is 0 Å². The Morgan fingerprint density at radius 3 is 2.00 bits per heavy atom. The molecule has 1 heteroatoms. The smallest absolute Gasteiger partial charge is 0.119 e. The molecule has 0 fully saturated rings. The van der Waals surface area contributed by atoms with E-state index in [1.165, 1.54) is 11.1 Å². The van der Waals surface area contributed by atoms with E-state index >= 15 is 0 Å². The molecule has 72 valence electrons. The van der Waals surface area contributed by atoms with Crippen molar-refractivity contribution in [2.24, 2.45) is 0 Å². The summed E-state index contributed by atoms with van der Waals surface area (Å²) in [7, 11) is 0. The third kappa shape index (κ3) is 1.85. The van der Waals surface area contributed by atoms with Crippen molar-refractivity contribution in [3.05, 3.63) is 28.8 Å². The monoisotopic (exact) mass is 178 g/mol. The van der Waals surface area contributed by atoms with Gasteiger partial charge in [-0.25, -0.2) is 0 Å². The van der Waals surface area contributed by atoms with Crippen LogP contribution in [-0.4, -0.2) is 5.11 Å². The molecular weight excluding hydrogens is 160 g/mol. The van der Waals surface area contributed by atoms with Gasteiger partial charge < -0.3 is 5.11 Å². The largest absolute Gasteiger partial charge is 0.508 e. The van der Waals surface area contributed by atoms with Crippen LogP contribution in [0.5, 0.6) is 5.75 Å². The molecule has 1 N–H and O–H groups in total. The van der Waals surface area contributed by atoms with Gasteiger partial charge in [0, 0.05) is 0 Å². The SMILES string of the molecule is CCc1ccc(O)c(CC)c1CC. The molecule has 0 unspecified atom stereocenters. The van der Waals surface area contributed by atoms with E-state index in [1.807, 2.05) is 12.1 Å². The third-order valence-corrected chi connectivity index (χ3v) is 2.59. The molecule has 1 rings (SSSR count). The molecule has 0 radical (unpaired) electrons. The van der Waals surface area contributed by atoms with Crippen molar-refractivity contribution in [3.63, 3.8) is 0 Å². The minimum absolute atomic E-state index is 0.455. The number of benzene rings is 1. The topological polar surface area (TPSA) is 20.2 Å². The van der Waals surface area contributed by atoms with Crippen molar-refractivity contribution in [1.82, 2.24) is 0 Å². The molecule has 13 heavy (non-hydrogen) atoms. The van der Waals surface area contributed by atoms with Gasteiger partial charge in [0.15, 0.2) is 0 Å². The van der Waals surface area contributed by atoms with Gasteiger partial charge in [0.2, 0.25) is 0 Å². The number of rotatable bonds is 3. The fourth-order valence-corrected chi connectivity index (χ4v) is 1.90. The summed E-state index contributed by atoms with van der Waals surface area (Å²) in [5.74, 6) is 0.455. The summed E-state index contributed by atoms with van der Waals surface area (Å²) in [6.45, 7) is 6.39. The first kappa shape index (κ1) is 10.1. The van der Waals surface area contributed by atoms with Crippen LogP contribution in [0, 0.1) is 0 Å². The van der Waals surface area contributed by atoms with Gasteiger partial charge in [-0.05, 0) is 42.0 Å². The molecule has 1 aromatic rings. The zero-order valence-electron chi connectivity index (χ0n) is 8.72. The van der Waals surface area contributed by atoms with Crippen molar-refractivity contribution >= 4 is 0 Å². The zero-order valence-corrected chi connectivity index (χ0v) is 8.72. The lowest BCUT2D eigenvalue weighted by Gasteiger charge is -2.12. The second kappa shape index (κ2) is 4.31. The van der Waals surface area contributed by atoms with Gasteiger partial charge in [0.05, 0.1) is 0 Å². The van der Waals surface area contributed by atoms with Gasteiger partial charge in [0.25, 0.3) is 0 Å². The van der Waals surface area contributed by atoms with Crippen LogP contribution in [-0.2, 0) is 19.3 Å². The summed E-state index contributed by atoms with van der Waals surface area (Å²) >= 11 is 0.